The molecule has 0 bridgehead atoms. The molecular formula is C14H11BrN2O2. The van der Waals surface area contributed by atoms with Gasteiger partial charge < -0.3 is 0 Å². The topological polar surface area (TPSA) is 59.1 Å². The number of hydrogen-bond acceptors (Lipinski definition) is 3. The van der Waals surface area contributed by atoms with Crippen molar-refractivity contribution in [3.8, 4) is 0 Å². The third-order valence-corrected chi connectivity index (χ3v) is 4.02. The van der Waals surface area contributed by atoms with Crippen molar-refractivity contribution in [3.63, 3.8) is 0 Å². The lowest BCUT2D eigenvalue weighted by atomic mass is 9.93. The van der Waals surface area contributed by atoms with Gasteiger partial charge in [-0.1, -0.05) is 28.1 Å². The number of fused-ring (bicyclic) bond motifs is 1. The van der Waals surface area contributed by atoms with Crippen molar-refractivity contribution in [2.45, 2.75) is 18.8 Å². The van der Waals surface area contributed by atoms with E-state index in [0.717, 1.165) is 20.9 Å². The van der Waals surface area contributed by atoms with Crippen LogP contribution in [-0.4, -0.2) is 16.8 Å². The van der Waals surface area contributed by atoms with E-state index in [1.165, 1.54) is 0 Å². The van der Waals surface area contributed by atoms with E-state index in [1.807, 2.05) is 24.3 Å². The number of amides is 2. The molecule has 2 aromatic rings. The van der Waals surface area contributed by atoms with Crippen LogP contribution in [0.5, 0.6) is 0 Å². The second kappa shape index (κ2) is 4.74. The predicted octanol–water partition coefficient (Wildman–Crippen LogP) is 2.52. The molecule has 0 aliphatic carbocycles. The fourth-order valence-corrected chi connectivity index (χ4v) is 2.80. The van der Waals surface area contributed by atoms with Gasteiger partial charge in [-0.3, -0.25) is 19.9 Å². The molecule has 1 fully saturated rings. The van der Waals surface area contributed by atoms with E-state index in [1.54, 1.807) is 6.20 Å². The highest BCUT2D eigenvalue weighted by atomic mass is 79.9. The van der Waals surface area contributed by atoms with Crippen molar-refractivity contribution in [2.24, 2.45) is 0 Å². The van der Waals surface area contributed by atoms with Gasteiger partial charge in [0.2, 0.25) is 11.8 Å². The summed E-state index contributed by atoms with van der Waals surface area (Å²) in [4.78, 5) is 27.3. The first-order valence-electron chi connectivity index (χ1n) is 6.03. The number of imide groups is 1. The number of piperidine rings is 1. The normalized spacial score (nSPS) is 19.5. The summed E-state index contributed by atoms with van der Waals surface area (Å²) in [5.74, 6) is -0.788. The lowest BCUT2D eigenvalue weighted by Gasteiger charge is -2.20. The van der Waals surface area contributed by atoms with Gasteiger partial charge in [-0.15, -0.1) is 0 Å². The summed E-state index contributed by atoms with van der Waals surface area (Å²) in [7, 11) is 0. The van der Waals surface area contributed by atoms with Gasteiger partial charge in [-0.05, 0) is 23.9 Å². The molecule has 5 heteroatoms. The van der Waals surface area contributed by atoms with E-state index in [2.05, 4.69) is 26.2 Å². The molecule has 1 aromatic carbocycles. The van der Waals surface area contributed by atoms with E-state index in [4.69, 9.17) is 0 Å². The van der Waals surface area contributed by atoms with Gasteiger partial charge in [0.05, 0.1) is 11.6 Å². The summed E-state index contributed by atoms with van der Waals surface area (Å²) >= 11 is 3.47. The van der Waals surface area contributed by atoms with E-state index in [0.29, 0.717) is 12.8 Å². The molecule has 96 valence electrons. The number of carbonyl (C=O) groups excluding carboxylic acids is 2. The summed E-state index contributed by atoms with van der Waals surface area (Å²) in [6.07, 6.45) is 2.66. The Bertz CT molecular complexity index is 684. The van der Waals surface area contributed by atoms with Gasteiger partial charge in [0, 0.05) is 22.5 Å². The van der Waals surface area contributed by atoms with Crippen LogP contribution in [0.3, 0.4) is 0 Å². The van der Waals surface area contributed by atoms with Crippen molar-refractivity contribution in [1.29, 1.82) is 0 Å². The summed E-state index contributed by atoms with van der Waals surface area (Å²) in [6.45, 7) is 0. The number of nitrogens with one attached hydrogen (secondary N) is 1. The summed E-state index contributed by atoms with van der Waals surface area (Å²) < 4.78 is 0.979. The average Bonchev–Trinajstić information content (AvgIpc) is 2.38. The first kappa shape index (κ1) is 12.3. The lowest BCUT2D eigenvalue weighted by molar-refractivity contribution is -0.134. The van der Waals surface area contributed by atoms with Crippen LogP contribution in [0.15, 0.2) is 34.9 Å². The highest BCUT2D eigenvalue weighted by Crippen LogP contribution is 2.28. The molecule has 1 aromatic heterocycles. The molecular weight excluding hydrogens is 308 g/mol. The van der Waals surface area contributed by atoms with Crippen LogP contribution in [0, 0.1) is 0 Å². The highest BCUT2D eigenvalue weighted by Gasteiger charge is 2.28. The van der Waals surface area contributed by atoms with E-state index >= 15 is 0 Å². The number of carbonyl (C=O) groups is 2. The Kier molecular flexibility index (Phi) is 3.06. The zero-order chi connectivity index (χ0) is 13.4. The SMILES string of the molecule is O=C1CCC(c2cc3cccc(Br)c3cn2)C(=O)N1. The number of pyridine rings is 1. The minimum atomic E-state index is -0.332. The predicted molar refractivity (Wildman–Crippen MR) is 74.6 cm³/mol. The van der Waals surface area contributed by atoms with Gasteiger partial charge in [-0.2, -0.15) is 0 Å². The van der Waals surface area contributed by atoms with Gasteiger partial charge >= 0.3 is 0 Å². The van der Waals surface area contributed by atoms with Crippen LogP contribution < -0.4 is 5.32 Å². The van der Waals surface area contributed by atoms with Gasteiger partial charge in [0.25, 0.3) is 0 Å². The van der Waals surface area contributed by atoms with Crippen molar-refractivity contribution in [2.75, 3.05) is 0 Å². The molecule has 4 nitrogen and oxygen atoms in total. The molecule has 19 heavy (non-hydrogen) atoms. The maximum Gasteiger partial charge on any atom is 0.235 e. The fraction of sp³-hybridized carbons (Fsp3) is 0.214. The van der Waals surface area contributed by atoms with Crippen molar-refractivity contribution in [3.05, 3.63) is 40.6 Å². The number of benzene rings is 1. The highest BCUT2D eigenvalue weighted by molar-refractivity contribution is 9.10. The Morgan fingerprint density at radius 2 is 2.16 bits per heavy atom. The minimum Gasteiger partial charge on any atom is -0.296 e. The molecule has 1 unspecified atom stereocenters. The molecule has 0 spiro atoms. The first-order valence-corrected chi connectivity index (χ1v) is 6.82. The third-order valence-electron chi connectivity index (χ3n) is 3.33. The van der Waals surface area contributed by atoms with Crippen LogP contribution in [0.2, 0.25) is 0 Å². The smallest absolute Gasteiger partial charge is 0.235 e. The molecule has 1 aliphatic rings. The van der Waals surface area contributed by atoms with Crippen molar-refractivity contribution in [1.82, 2.24) is 10.3 Å². The van der Waals surface area contributed by atoms with Crippen LogP contribution >= 0.6 is 15.9 Å². The Labute approximate surface area is 118 Å². The molecule has 1 aliphatic heterocycles. The van der Waals surface area contributed by atoms with Gasteiger partial charge in [-0.25, -0.2) is 0 Å². The number of halogens is 1. The minimum absolute atomic E-state index is 0.204. The lowest BCUT2D eigenvalue weighted by Crippen LogP contribution is -2.39. The molecule has 0 radical (unpaired) electrons. The number of rotatable bonds is 1. The Hall–Kier alpha value is -1.75. The Morgan fingerprint density at radius 1 is 1.32 bits per heavy atom. The van der Waals surface area contributed by atoms with E-state index in [-0.39, 0.29) is 17.7 Å². The zero-order valence-electron chi connectivity index (χ0n) is 10.0. The van der Waals surface area contributed by atoms with Crippen LogP contribution in [0.1, 0.15) is 24.5 Å². The molecule has 0 saturated carbocycles. The van der Waals surface area contributed by atoms with E-state index in [9.17, 15) is 9.59 Å². The summed E-state index contributed by atoms with van der Waals surface area (Å²) in [6, 6.07) is 7.80. The molecule has 2 heterocycles. The van der Waals surface area contributed by atoms with Gasteiger partial charge in [0.1, 0.15) is 0 Å². The zero-order valence-corrected chi connectivity index (χ0v) is 11.6. The Balaban J connectivity index is 2.02. The maximum atomic E-state index is 11.8. The van der Waals surface area contributed by atoms with Crippen LogP contribution in [0.25, 0.3) is 10.8 Å². The average molecular weight is 319 g/mol. The summed E-state index contributed by atoms with van der Waals surface area (Å²) in [5.41, 5.74) is 0.718. The number of aromatic nitrogens is 1. The number of hydrogen-bond donors (Lipinski definition) is 1. The van der Waals surface area contributed by atoms with Crippen molar-refractivity contribution >= 4 is 38.5 Å². The molecule has 1 atom stereocenters. The second-order valence-corrected chi connectivity index (χ2v) is 5.43. The second-order valence-electron chi connectivity index (χ2n) is 4.57. The quantitative estimate of drug-likeness (QED) is 0.822. The van der Waals surface area contributed by atoms with Crippen LogP contribution in [0.4, 0.5) is 0 Å². The molecule has 1 N–H and O–H groups in total. The van der Waals surface area contributed by atoms with Gasteiger partial charge in [0.15, 0.2) is 0 Å². The first-order chi connectivity index (χ1) is 9.15. The van der Waals surface area contributed by atoms with E-state index < -0.39 is 0 Å². The Morgan fingerprint density at radius 3 is 2.95 bits per heavy atom. The van der Waals surface area contributed by atoms with Crippen molar-refractivity contribution < 1.29 is 9.59 Å². The van der Waals surface area contributed by atoms with Crippen LogP contribution in [-0.2, 0) is 9.59 Å². The summed E-state index contributed by atoms with van der Waals surface area (Å²) in [5, 5.41) is 4.40. The third kappa shape index (κ3) is 2.26. The fourth-order valence-electron chi connectivity index (χ4n) is 2.32. The standard InChI is InChI=1S/C14H11BrN2O2/c15-11-3-1-2-8-6-12(16-7-10(8)11)9-4-5-13(18)17-14(9)19/h1-3,6-7,9H,4-5H2,(H,17,18,19). The molecule has 3 rings (SSSR count). The molecule has 2 amide bonds. The number of nitrogens with zero attached hydrogens (tertiary/aromatic N) is 1. The largest absolute Gasteiger partial charge is 0.296 e. The monoisotopic (exact) mass is 318 g/mol. The maximum absolute atomic E-state index is 11.8. The molecule has 1 saturated heterocycles.